The number of carbonyl (C=O) groups is 1. The van der Waals surface area contributed by atoms with Crippen LogP contribution >= 0.6 is 11.3 Å². The molecule has 2 aliphatic rings. The highest BCUT2D eigenvalue weighted by Crippen LogP contribution is 2.42. The molecule has 2 fully saturated rings. The second kappa shape index (κ2) is 6.54. The molecule has 0 spiro atoms. The predicted octanol–water partition coefficient (Wildman–Crippen LogP) is 3.02. The molecule has 0 unspecified atom stereocenters. The summed E-state index contributed by atoms with van der Waals surface area (Å²) in [6.45, 7) is 3.47. The Hall–Kier alpha value is -1.14. The number of amides is 2. The zero-order chi connectivity index (χ0) is 15.6. The molecule has 6 heteroatoms. The van der Waals surface area contributed by atoms with E-state index in [1.54, 1.807) is 18.4 Å². The van der Waals surface area contributed by atoms with Gasteiger partial charge in [-0.3, -0.25) is 0 Å². The third-order valence-electron chi connectivity index (χ3n) is 4.77. The summed E-state index contributed by atoms with van der Waals surface area (Å²) in [4.78, 5) is 17.9. The standard InChI is InChI=1S/C16H25N3O2S/c1-11-8-17-14(22-11)13(12-4-5-12)19-15(20)18-9-16(10-21-2)6-3-7-16/h8,12-13H,3-7,9-10H2,1-2H3,(H2,18,19,20)/t13-/m0/s1. The smallest absolute Gasteiger partial charge is 0.315 e. The summed E-state index contributed by atoms with van der Waals surface area (Å²) in [6.07, 6.45) is 7.75. The molecule has 2 saturated carbocycles. The van der Waals surface area contributed by atoms with Crippen LogP contribution in [0.3, 0.4) is 0 Å². The average molecular weight is 323 g/mol. The lowest BCUT2D eigenvalue weighted by atomic mass is 9.69. The fourth-order valence-corrected chi connectivity index (χ4v) is 4.06. The normalized spacial score (nSPS) is 21.0. The van der Waals surface area contributed by atoms with Crippen molar-refractivity contribution >= 4 is 17.4 Å². The zero-order valence-electron chi connectivity index (χ0n) is 13.4. The maximum absolute atomic E-state index is 12.3. The number of rotatable bonds is 7. The van der Waals surface area contributed by atoms with Gasteiger partial charge in [0.15, 0.2) is 0 Å². The molecule has 1 heterocycles. The van der Waals surface area contributed by atoms with Crippen molar-refractivity contribution in [2.75, 3.05) is 20.3 Å². The fraction of sp³-hybridized carbons (Fsp3) is 0.750. The van der Waals surface area contributed by atoms with Crippen molar-refractivity contribution in [1.82, 2.24) is 15.6 Å². The van der Waals surface area contributed by atoms with E-state index in [4.69, 9.17) is 4.74 Å². The van der Waals surface area contributed by atoms with Gasteiger partial charge in [0, 0.05) is 30.1 Å². The third-order valence-corrected chi connectivity index (χ3v) is 5.77. The molecule has 1 atom stereocenters. The number of urea groups is 1. The van der Waals surface area contributed by atoms with Crippen LogP contribution in [0.4, 0.5) is 4.79 Å². The Morgan fingerprint density at radius 1 is 1.55 bits per heavy atom. The van der Waals surface area contributed by atoms with Gasteiger partial charge < -0.3 is 15.4 Å². The summed E-state index contributed by atoms with van der Waals surface area (Å²) < 4.78 is 5.30. The van der Waals surface area contributed by atoms with E-state index >= 15 is 0 Å². The molecule has 122 valence electrons. The molecule has 0 aromatic carbocycles. The summed E-state index contributed by atoms with van der Waals surface area (Å²) in [5.41, 5.74) is 0.152. The summed E-state index contributed by atoms with van der Waals surface area (Å²) in [5.74, 6) is 0.549. The van der Waals surface area contributed by atoms with E-state index in [0.29, 0.717) is 12.5 Å². The van der Waals surface area contributed by atoms with Crippen LogP contribution in [0.15, 0.2) is 6.20 Å². The van der Waals surface area contributed by atoms with Crippen LogP contribution in [0.25, 0.3) is 0 Å². The van der Waals surface area contributed by atoms with Crippen LogP contribution < -0.4 is 10.6 Å². The fourth-order valence-electron chi connectivity index (χ4n) is 3.14. The maximum atomic E-state index is 12.3. The zero-order valence-corrected chi connectivity index (χ0v) is 14.2. The summed E-state index contributed by atoms with van der Waals surface area (Å²) >= 11 is 1.68. The first kappa shape index (κ1) is 15.7. The maximum Gasteiger partial charge on any atom is 0.315 e. The molecule has 1 aromatic rings. The molecule has 1 aromatic heterocycles. The number of nitrogens with one attached hydrogen (secondary N) is 2. The largest absolute Gasteiger partial charge is 0.384 e. The Kier molecular flexibility index (Phi) is 4.68. The molecule has 2 N–H and O–H groups in total. The number of hydrogen-bond donors (Lipinski definition) is 2. The molecule has 0 radical (unpaired) electrons. The van der Waals surface area contributed by atoms with Crippen molar-refractivity contribution in [3.63, 3.8) is 0 Å². The lowest BCUT2D eigenvalue weighted by molar-refractivity contribution is 0.0199. The monoisotopic (exact) mass is 323 g/mol. The Labute approximate surface area is 135 Å². The van der Waals surface area contributed by atoms with Crippen LogP contribution in [0.5, 0.6) is 0 Å². The molecule has 0 saturated heterocycles. The lowest BCUT2D eigenvalue weighted by Crippen LogP contribution is -2.48. The number of carbonyl (C=O) groups excluding carboxylic acids is 1. The van der Waals surface area contributed by atoms with Crippen LogP contribution in [0.2, 0.25) is 0 Å². The topological polar surface area (TPSA) is 63.2 Å². The van der Waals surface area contributed by atoms with Gasteiger partial charge in [0.2, 0.25) is 0 Å². The Morgan fingerprint density at radius 2 is 2.32 bits per heavy atom. The predicted molar refractivity (Wildman–Crippen MR) is 87.0 cm³/mol. The molecule has 0 bridgehead atoms. The minimum absolute atomic E-state index is 0.0680. The van der Waals surface area contributed by atoms with Gasteiger partial charge in [0.1, 0.15) is 5.01 Å². The van der Waals surface area contributed by atoms with Crippen molar-refractivity contribution < 1.29 is 9.53 Å². The van der Waals surface area contributed by atoms with Gasteiger partial charge in [-0.05, 0) is 38.5 Å². The van der Waals surface area contributed by atoms with Crippen LogP contribution in [0.1, 0.15) is 48.0 Å². The first-order chi connectivity index (χ1) is 10.6. The Balaban J connectivity index is 1.53. The molecule has 3 rings (SSSR count). The minimum Gasteiger partial charge on any atom is -0.384 e. The second-order valence-electron chi connectivity index (χ2n) is 6.74. The van der Waals surface area contributed by atoms with E-state index in [1.807, 2.05) is 6.20 Å². The highest BCUT2D eigenvalue weighted by molar-refractivity contribution is 7.11. The van der Waals surface area contributed by atoms with Crippen molar-refractivity contribution in [2.24, 2.45) is 11.3 Å². The summed E-state index contributed by atoms with van der Waals surface area (Å²) in [6, 6.07) is -0.00871. The molecule has 22 heavy (non-hydrogen) atoms. The first-order valence-corrected chi connectivity index (χ1v) is 8.89. The van der Waals surface area contributed by atoms with Crippen molar-refractivity contribution in [2.45, 2.75) is 45.1 Å². The molecule has 0 aliphatic heterocycles. The van der Waals surface area contributed by atoms with Crippen molar-refractivity contribution in [3.8, 4) is 0 Å². The highest BCUT2D eigenvalue weighted by atomic mass is 32.1. The highest BCUT2D eigenvalue weighted by Gasteiger charge is 2.38. The van der Waals surface area contributed by atoms with E-state index in [1.165, 1.54) is 24.1 Å². The molecular formula is C16H25N3O2S. The van der Waals surface area contributed by atoms with E-state index in [2.05, 4.69) is 22.5 Å². The minimum atomic E-state index is -0.0767. The number of ether oxygens (including phenoxy) is 1. The number of thiazole rings is 1. The van der Waals surface area contributed by atoms with Gasteiger partial charge in [-0.1, -0.05) is 6.42 Å². The van der Waals surface area contributed by atoms with Crippen LogP contribution in [-0.2, 0) is 4.74 Å². The number of nitrogens with zero attached hydrogens (tertiary/aromatic N) is 1. The van der Waals surface area contributed by atoms with Gasteiger partial charge >= 0.3 is 6.03 Å². The Bertz CT molecular complexity index is 523. The average Bonchev–Trinajstić information content (AvgIpc) is 3.21. The second-order valence-corrected chi connectivity index (χ2v) is 8.00. The van der Waals surface area contributed by atoms with Crippen LogP contribution in [-0.4, -0.2) is 31.3 Å². The quantitative estimate of drug-likeness (QED) is 0.811. The molecule has 2 amide bonds. The molecule has 2 aliphatic carbocycles. The third kappa shape index (κ3) is 3.60. The summed E-state index contributed by atoms with van der Waals surface area (Å²) in [5, 5.41) is 7.21. The number of aryl methyl sites for hydroxylation is 1. The molecule has 5 nitrogen and oxygen atoms in total. The van der Waals surface area contributed by atoms with Crippen molar-refractivity contribution in [1.29, 1.82) is 0 Å². The van der Waals surface area contributed by atoms with E-state index in [9.17, 15) is 4.79 Å². The first-order valence-electron chi connectivity index (χ1n) is 8.07. The van der Waals surface area contributed by atoms with Gasteiger partial charge in [0.05, 0.1) is 12.6 Å². The van der Waals surface area contributed by atoms with Gasteiger partial charge in [-0.15, -0.1) is 11.3 Å². The van der Waals surface area contributed by atoms with Gasteiger partial charge in [-0.2, -0.15) is 0 Å². The lowest BCUT2D eigenvalue weighted by Gasteiger charge is -2.41. The van der Waals surface area contributed by atoms with Gasteiger partial charge in [0.25, 0.3) is 0 Å². The SMILES string of the molecule is COCC1(CNC(=O)N[C@H](c2ncc(C)s2)C2CC2)CCC1. The van der Waals surface area contributed by atoms with E-state index in [-0.39, 0.29) is 17.5 Å². The number of methoxy groups -OCH3 is 1. The van der Waals surface area contributed by atoms with E-state index in [0.717, 1.165) is 24.5 Å². The van der Waals surface area contributed by atoms with Crippen LogP contribution in [0, 0.1) is 18.3 Å². The Morgan fingerprint density at radius 3 is 2.82 bits per heavy atom. The summed E-state index contributed by atoms with van der Waals surface area (Å²) in [7, 11) is 1.73. The van der Waals surface area contributed by atoms with E-state index < -0.39 is 0 Å². The number of hydrogen-bond acceptors (Lipinski definition) is 4. The number of aromatic nitrogens is 1. The van der Waals surface area contributed by atoms with Crippen molar-refractivity contribution in [3.05, 3.63) is 16.1 Å². The molecular weight excluding hydrogens is 298 g/mol. The van der Waals surface area contributed by atoms with Gasteiger partial charge in [-0.25, -0.2) is 9.78 Å².